The molecule has 0 aliphatic rings. The summed E-state index contributed by atoms with van der Waals surface area (Å²) >= 11 is 6.19. The molecule has 0 aliphatic heterocycles. The fraction of sp³-hybridized carbons (Fsp3) is 0.105. The zero-order valence-electron chi connectivity index (χ0n) is 12.8. The van der Waals surface area contributed by atoms with E-state index in [9.17, 15) is 0 Å². The molecule has 0 radical (unpaired) electrons. The number of aromatic nitrogens is 1. The first-order valence-electron chi connectivity index (χ1n) is 7.37. The molecule has 0 bridgehead atoms. The molecule has 1 N–H and O–H groups in total. The van der Waals surface area contributed by atoms with Crippen LogP contribution >= 0.6 is 11.6 Å². The molecule has 0 unspecified atom stereocenters. The number of hydrogen-bond donors (Lipinski definition) is 1. The molecule has 0 spiro atoms. The van der Waals surface area contributed by atoms with E-state index < -0.39 is 0 Å². The van der Waals surface area contributed by atoms with Crippen molar-refractivity contribution < 1.29 is 4.74 Å². The van der Waals surface area contributed by atoms with Gasteiger partial charge in [0.25, 0.3) is 0 Å². The number of ether oxygens (including phenoxy) is 1. The molecule has 4 heteroatoms. The Balaban J connectivity index is 1.72. The maximum Gasteiger partial charge on any atom is 0.145 e. The van der Waals surface area contributed by atoms with Crippen molar-refractivity contribution in [2.24, 2.45) is 0 Å². The highest BCUT2D eigenvalue weighted by Crippen LogP contribution is 2.28. The van der Waals surface area contributed by atoms with E-state index >= 15 is 0 Å². The van der Waals surface area contributed by atoms with Gasteiger partial charge in [-0.05, 0) is 36.8 Å². The highest BCUT2D eigenvalue weighted by atomic mass is 35.5. The largest absolute Gasteiger partial charge is 0.456 e. The van der Waals surface area contributed by atoms with Crippen molar-refractivity contribution in [1.29, 1.82) is 0 Å². The van der Waals surface area contributed by atoms with Crippen LogP contribution in [0.4, 0.5) is 5.69 Å². The van der Waals surface area contributed by atoms with Gasteiger partial charge in [-0.2, -0.15) is 0 Å². The fourth-order valence-electron chi connectivity index (χ4n) is 2.29. The van der Waals surface area contributed by atoms with Crippen LogP contribution < -0.4 is 10.1 Å². The SMILES string of the molecule is Cc1cccc(CNc2cc(Cl)cc(Oc3cccnc3)c2)c1. The van der Waals surface area contributed by atoms with E-state index in [0.717, 1.165) is 12.2 Å². The van der Waals surface area contributed by atoms with Gasteiger partial charge < -0.3 is 10.1 Å². The zero-order valence-corrected chi connectivity index (χ0v) is 13.5. The van der Waals surface area contributed by atoms with Gasteiger partial charge in [0.1, 0.15) is 11.5 Å². The number of anilines is 1. The summed E-state index contributed by atoms with van der Waals surface area (Å²) in [6.07, 6.45) is 3.38. The van der Waals surface area contributed by atoms with Crippen molar-refractivity contribution >= 4 is 17.3 Å². The first-order valence-corrected chi connectivity index (χ1v) is 7.75. The van der Waals surface area contributed by atoms with Crippen LogP contribution in [-0.4, -0.2) is 4.98 Å². The Morgan fingerprint density at radius 1 is 1.04 bits per heavy atom. The number of rotatable bonds is 5. The second-order valence-corrected chi connectivity index (χ2v) is 5.75. The van der Waals surface area contributed by atoms with Crippen LogP contribution in [0.5, 0.6) is 11.5 Å². The van der Waals surface area contributed by atoms with Crippen LogP contribution in [0.15, 0.2) is 67.0 Å². The Kier molecular flexibility index (Phi) is 4.79. The molecule has 0 fully saturated rings. The second kappa shape index (κ2) is 7.16. The molecule has 0 amide bonds. The maximum absolute atomic E-state index is 6.19. The Morgan fingerprint density at radius 2 is 1.96 bits per heavy atom. The minimum absolute atomic E-state index is 0.623. The van der Waals surface area contributed by atoms with Crippen molar-refractivity contribution in [3.8, 4) is 11.5 Å². The summed E-state index contributed by atoms with van der Waals surface area (Å²) in [7, 11) is 0. The first-order chi connectivity index (χ1) is 11.2. The topological polar surface area (TPSA) is 34.1 Å². The normalized spacial score (nSPS) is 10.3. The van der Waals surface area contributed by atoms with E-state index in [1.54, 1.807) is 18.5 Å². The average molecular weight is 325 g/mol. The Hall–Kier alpha value is -2.52. The van der Waals surface area contributed by atoms with E-state index in [-0.39, 0.29) is 0 Å². The lowest BCUT2D eigenvalue weighted by atomic mass is 10.1. The van der Waals surface area contributed by atoms with Gasteiger partial charge in [0.15, 0.2) is 0 Å². The third-order valence-electron chi connectivity index (χ3n) is 3.32. The number of benzene rings is 2. The lowest BCUT2D eigenvalue weighted by Gasteiger charge is -2.11. The fourth-order valence-corrected chi connectivity index (χ4v) is 2.52. The van der Waals surface area contributed by atoms with Crippen LogP contribution in [-0.2, 0) is 6.54 Å². The van der Waals surface area contributed by atoms with Crippen LogP contribution in [0.2, 0.25) is 5.02 Å². The Bertz CT molecular complexity index is 790. The number of pyridine rings is 1. The van der Waals surface area contributed by atoms with E-state index in [0.29, 0.717) is 16.5 Å². The molecule has 1 aromatic heterocycles. The van der Waals surface area contributed by atoms with Crippen LogP contribution in [0.25, 0.3) is 0 Å². The van der Waals surface area contributed by atoms with Gasteiger partial charge in [0.05, 0.1) is 6.20 Å². The van der Waals surface area contributed by atoms with Gasteiger partial charge in [-0.1, -0.05) is 41.4 Å². The Labute approximate surface area is 140 Å². The van der Waals surface area contributed by atoms with Gasteiger partial charge in [0.2, 0.25) is 0 Å². The minimum atomic E-state index is 0.623. The number of nitrogens with one attached hydrogen (secondary N) is 1. The standard InChI is InChI=1S/C19H17ClN2O/c1-14-4-2-5-15(8-14)12-22-17-9-16(20)10-19(11-17)23-18-6-3-7-21-13-18/h2-11,13,22H,12H2,1H3. The quantitative estimate of drug-likeness (QED) is 0.677. The molecule has 23 heavy (non-hydrogen) atoms. The van der Waals surface area contributed by atoms with Crippen LogP contribution in [0.3, 0.4) is 0 Å². The van der Waals surface area contributed by atoms with Gasteiger partial charge in [0, 0.05) is 29.5 Å². The maximum atomic E-state index is 6.19. The monoisotopic (exact) mass is 324 g/mol. The molecule has 0 saturated carbocycles. The molecular weight excluding hydrogens is 308 g/mol. The number of halogens is 1. The zero-order chi connectivity index (χ0) is 16.1. The summed E-state index contributed by atoms with van der Waals surface area (Å²) in [5.41, 5.74) is 3.38. The van der Waals surface area contributed by atoms with Crippen molar-refractivity contribution in [2.75, 3.05) is 5.32 Å². The van der Waals surface area contributed by atoms with Gasteiger partial charge in [-0.25, -0.2) is 0 Å². The molecular formula is C19H17ClN2O. The lowest BCUT2D eigenvalue weighted by molar-refractivity contribution is 0.480. The summed E-state index contributed by atoms with van der Waals surface area (Å²) in [4.78, 5) is 4.04. The molecule has 0 saturated heterocycles. The molecule has 116 valence electrons. The molecule has 3 rings (SSSR count). The molecule has 0 aliphatic carbocycles. The lowest BCUT2D eigenvalue weighted by Crippen LogP contribution is -2.00. The Morgan fingerprint density at radius 3 is 2.74 bits per heavy atom. The summed E-state index contributed by atoms with van der Waals surface area (Å²) < 4.78 is 5.78. The van der Waals surface area contributed by atoms with Crippen molar-refractivity contribution in [2.45, 2.75) is 13.5 Å². The number of aryl methyl sites for hydroxylation is 1. The van der Waals surface area contributed by atoms with Gasteiger partial charge in [-0.15, -0.1) is 0 Å². The smallest absolute Gasteiger partial charge is 0.145 e. The number of nitrogens with zero attached hydrogens (tertiary/aromatic N) is 1. The first kappa shape index (κ1) is 15.4. The van der Waals surface area contributed by atoms with Gasteiger partial charge in [-0.3, -0.25) is 4.98 Å². The van der Waals surface area contributed by atoms with Crippen molar-refractivity contribution in [3.63, 3.8) is 0 Å². The summed E-state index contributed by atoms with van der Waals surface area (Å²) in [6, 6.07) is 17.7. The molecule has 2 aromatic carbocycles. The van der Waals surface area contributed by atoms with Crippen molar-refractivity contribution in [3.05, 3.63) is 83.1 Å². The third-order valence-corrected chi connectivity index (χ3v) is 3.54. The highest BCUT2D eigenvalue weighted by Gasteiger charge is 2.03. The van der Waals surface area contributed by atoms with E-state index in [4.69, 9.17) is 16.3 Å². The molecule has 1 heterocycles. The summed E-state index contributed by atoms with van der Waals surface area (Å²) in [5, 5.41) is 4.00. The van der Waals surface area contributed by atoms with Gasteiger partial charge >= 0.3 is 0 Å². The number of hydrogen-bond acceptors (Lipinski definition) is 3. The van der Waals surface area contributed by atoms with Crippen molar-refractivity contribution in [1.82, 2.24) is 4.98 Å². The third kappa shape index (κ3) is 4.47. The average Bonchev–Trinajstić information content (AvgIpc) is 2.53. The predicted octanol–water partition coefficient (Wildman–Crippen LogP) is 5.45. The molecule has 0 atom stereocenters. The predicted molar refractivity (Wildman–Crippen MR) is 94.3 cm³/mol. The highest BCUT2D eigenvalue weighted by molar-refractivity contribution is 6.31. The van der Waals surface area contributed by atoms with E-state index in [1.807, 2.05) is 24.3 Å². The summed E-state index contributed by atoms with van der Waals surface area (Å²) in [6.45, 7) is 2.82. The summed E-state index contributed by atoms with van der Waals surface area (Å²) in [5.74, 6) is 1.36. The molecule has 3 nitrogen and oxygen atoms in total. The van der Waals surface area contributed by atoms with Crippen LogP contribution in [0, 0.1) is 6.92 Å². The van der Waals surface area contributed by atoms with E-state index in [2.05, 4.69) is 41.5 Å². The minimum Gasteiger partial charge on any atom is -0.456 e. The van der Waals surface area contributed by atoms with Crippen LogP contribution in [0.1, 0.15) is 11.1 Å². The molecule has 3 aromatic rings. The van der Waals surface area contributed by atoms with E-state index in [1.165, 1.54) is 11.1 Å². The second-order valence-electron chi connectivity index (χ2n) is 5.31.